The number of nitrogens with zero attached hydrogens (tertiary/aromatic N) is 2. The first-order valence-electron chi connectivity index (χ1n) is 9.24. The molecule has 1 heterocycles. The first-order valence-corrected chi connectivity index (χ1v) is 9.24. The lowest BCUT2D eigenvalue weighted by molar-refractivity contribution is 0.0376. The Morgan fingerprint density at radius 1 is 1.28 bits per heavy atom. The van der Waals surface area contributed by atoms with Crippen molar-refractivity contribution in [3.05, 3.63) is 35.4 Å². The third-order valence-electron chi connectivity index (χ3n) is 5.04. The standard InChI is InChI=1S/C19H30N4O.HI/c20-19(21-9-4-10-23-11-13-24-14-12-23)22-15-17-7-3-6-16-5-1-2-8-18(16)17;/h1-2,5,8,17H,3-4,6-7,9-15H2,(H3,20,21,22);1H. The average Bonchev–Trinajstić information content (AvgIpc) is 2.64. The number of nitrogens with two attached hydrogens (primary N) is 1. The van der Waals surface area contributed by atoms with Gasteiger partial charge in [0.25, 0.3) is 0 Å². The minimum atomic E-state index is 0. The summed E-state index contributed by atoms with van der Waals surface area (Å²) in [6, 6.07) is 8.77. The van der Waals surface area contributed by atoms with E-state index in [2.05, 4.69) is 39.5 Å². The molecular weight excluding hydrogens is 427 g/mol. The van der Waals surface area contributed by atoms with Crippen LogP contribution in [-0.4, -0.2) is 56.8 Å². The summed E-state index contributed by atoms with van der Waals surface area (Å²) in [5.74, 6) is 1.10. The Morgan fingerprint density at radius 2 is 2.08 bits per heavy atom. The van der Waals surface area contributed by atoms with Crippen LogP contribution in [0.2, 0.25) is 0 Å². The number of aryl methyl sites for hydroxylation is 1. The Balaban J connectivity index is 0.00000225. The third kappa shape index (κ3) is 6.42. The first-order chi connectivity index (χ1) is 11.8. The van der Waals surface area contributed by atoms with Crippen molar-refractivity contribution < 1.29 is 4.74 Å². The smallest absolute Gasteiger partial charge is 0.188 e. The van der Waals surface area contributed by atoms with Crippen molar-refractivity contribution >= 4 is 29.9 Å². The maximum absolute atomic E-state index is 6.04. The van der Waals surface area contributed by atoms with Gasteiger partial charge in [0.05, 0.1) is 13.2 Å². The summed E-state index contributed by atoms with van der Waals surface area (Å²) in [5.41, 5.74) is 8.99. The molecule has 5 nitrogen and oxygen atoms in total. The quantitative estimate of drug-likeness (QED) is 0.298. The van der Waals surface area contributed by atoms with Crippen LogP contribution in [0.25, 0.3) is 0 Å². The van der Waals surface area contributed by atoms with Crippen molar-refractivity contribution in [1.82, 2.24) is 10.2 Å². The van der Waals surface area contributed by atoms with Crippen molar-refractivity contribution in [3.8, 4) is 0 Å². The fourth-order valence-electron chi connectivity index (χ4n) is 3.65. The van der Waals surface area contributed by atoms with Gasteiger partial charge in [0, 0.05) is 32.1 Å². The zero-order valence-corrected chi connectivity index (χ0v) is 17.3. The van der Waals surface area contributed by atoms with E-state index in [0.29, 0.717) is 11.9 Å². The normalized spacial score (nSPS) is 21.3. The molecule has 2 aliphatic rings. The van der Waals surface area contributed by atoms with Gasteiger partial charge >= 0.3 is 0 Å². The summed E-state index contributed by atoms with van der Waals surface area (Å²) in [7, 11) is 0. The fraction of sp³-hybridized carbons (Fsp3) is 0.632. The van der Waals surface area contributed by atoms with Crippen LogP contribution in [0.3, 0.4) is 0 Å². The molecule has 1 unspecified atom stereocenters. The number of hydrogen-bond donors (Lipinski definition) is 2. The van der Waals surface area contributed by atoms with Crippen LogP contribution in [0, 0.1) is 0 Å². The monoisotopic (exact) mass is 458 g/mol. The van der Waals surface area contributed by atoms with E-state index in [1.54, 1.807) is 0 Å². The highest BCUT2D eigenvalue weighted by molar-refractivity contribution is 14.0. The number of guanidine groups is 1. The van der Waals surface area contributed by atoms with E-state index in [4.69, 9.17) is 10.5 Å². The molecule has 140 valence electrons. The topological polar surface area (TPSA) is 62.9 Å². The van der Waals surface area contributed by atoms with Crippen molar-refractivity contribution in [2.45, 2.75) is 31.6 Å². The lowest BCUT2D eigenvalue weighted by atomic mass is 9.83. The number of ether oxygens (including phenoxy) is 1. The number of rotatable bonds is 6. The molecule has 1 saturated heterocycles. The van der Waals surface area contributed by atoms with Gasteiger partial charge in [0.15, 0.2) is 5.96 Å². The van der Waals surface area contributed by atoms with Gasteiger partial charge in [-0.15, -0.1) is 24.0 Å². The molecule has 3 N–H and O–H groups in total. The molecule has 1 aliphatic heterocycles. The Labute approximate surface area is 168 Å². The van der Waals surface area contributed by atoms with Crippen molar-refractivity contribution in [1.29, 1.82) is 0 Å². The maximum Gasteiger partial charge on any atom is 0.188 e. The summed E-state index contributed by atoms with van der Waals surface area (Å²) in [5, 5.41) is 3.26. The van der Waals surface area contributed by atoms with E-state index in [9.17, 15) is 0 Å². The highest BCUT2D eigenvalue weighted by Crippen LogP contribution is 2.31. The number of halogens is 1. The molecule has 1 aromatic rings. The summed E-state index contributed by atoms with van der Waals surface area (Å²) in [6.45, 7) is 6.59. The molecule has 1 aromatic carbocycles. The number of hydrogen-bond acceptors (Lipinski definition) is 3. The predicted octanol–water partition coefficient (Wildman–Crippen LogP) is 2.35. The molecule has 6 heteroatoms. The molecule has 0 radical (unpaired) electrons. The first kappa shape index (κ1) is 20.5. The molecule has 1 fully saturated rings. The van der Waals surface area contributed by atoms with E-state index >= 15 is 0 Å². The van der Waals surface area contributed by atoms with Gasteiger partial charge in [-0.3, -0.25) is 9.89 Å². The molecule has 1 atom stereocenters. The van der Waals surface area contributed by atoms with E-state index in [1.165, 1.54) is 30.4 Å². The fourth-order valence-corrected chi connectivity index (χ4v) is 3.65. The zero-order valence-electron chi connectivity index (χ0n) is 15.0. The second-order valence-corrected chi connectivity index (χ2v) is 6.75. The van der Waals surface area contributed by atoms with Gasteiger partial charge < -0.3 is 15.8 Å². The summed E-state index contributed by atoms with van der Waals surface area (Å²) < 4.78 is 5.36. The van der Waals surface area contributed by atoms with Crippen LogP contribution in [0.1, 0.15) is 36.3 Å². The lowest BCUT2D eigenvalue weighted by Gasteiger charge is -2.26. The molecule has 3 rings (SSSR count). The van der Waals surface area contributed by atoms with Crippen molar-refractivity contribution in [2.75, 3.05) is 45.9 Å². The highest BCUT2D eigenvalue weighted by atomic mass is 127. The molecule has 0 saturated carbocycles. The molecular formula is C19H31IN4O. The zero-order chi connectivity index (χ0) is 16.6. The molecule has 0 aromatic heterocycles. The Hall–Kier alpha value is -0.860. The second kappa shape index (κ2) is 11.0. The van der Waals surface area contributed by atoms with E-state index in [-0.39, 0.29) is 24.0 Å². The van der Waals surface area contributed by atoms with Crippen molar-refractivity contribution in [2.24, 2.45) is 10.7 Å². The highest BCUT2D eigenvalue weighted by Gasteiger charge is 2.19. The second-order valence-electron chi connectivity index (χ2n) is 6.75. The minimum absolute atomic E-state index is 0. The average molecular weight is 458 g/mol. The van der Waals surface area contributed by atoms with Crippen LogP contribution in [0.15, 0.2) is 29.3 Å². The SMILES string of the molecule is I.NC(=NCC1CCCc2ccccc21)NCCCN1CCOCC1. The van der Waals surface area contributed by atoms with Gasteiger partial charge in [0.2, 0.25) is 0 Å². The largest absolute Gasteiger partial charge is 0.379 e. The van der Waals surface area contributed by atoms with Gasteiger partial charge in [-0.05, 0) is 43.4 Å². The van der Waals surface area contributed by atoms with Gasteiger partial charge in [0.1, 0.15) is 0 Å². The molecule has 0 amide bonds. The van der Waals surface area contributed by atoms with Gasteiger partial charge in [-0.2, -0.15) is 0 Å². The summed E-state index contributed by atoms with van der Waals surface area (Å²) in [6.07, 6.45) is 4.75. The number of benzene rings is 1. The van der Waals surface area contributed by atoms with Crippen LogP contribution in [0.4, 0.5) is 0 Å². The number of nitrogens with one attached hydrogen (secondary N) is 1. The lowest BCUT2D eigenvalue weighted by Crippen LogP contribution is -2.39. The van der Waals surface area contributed by atoms with Crippen LogP contribution < -0.4 is 11.1 Å². The Kier molecular flexibility index (Phi) is 8.98. The van der Waals surface area contributed by atoms with Crippen LogP contribution >= 0.6 is 24.0 Å². The molecule has 25 heavy (non-hydrogen) atoms. The Bertz CT molecular complexity index is 546. The number of morpholine rings is 1. The van der Waals surface area contributed by atoms with Crippen LogP contribution in [0.5, 0.6) is 0 Å². The van der Waals surface area contributed by atoms with E-state index in [0.717, 1.165) is 52.4 Å². The van der Waals surface area contributed by atoms with Crippen molar-refractivity contribution in [3.63, 3.8) is 0 Å². The Morgan fingerprint density at radius 3 is 2.92 bits per heavy atom. The van der Waals surface area contributed by atoms with Gasteiger partial charge in [-0.25, -0.2) is 0 Å². The number of aliphatic imine (C=N–C) groups is 1. The third-order valence-corrected chi connectivity index (χ3v) is 5.04. The molecule has 0 bridgehead atoms. The summed E-state index contributed by atoms with van der Waals surface area (Å²) in [4.78, 5) is 7.02. The van der Waals surface area contributed by atoms with E-state index < -0.39 is 0 Å². The molecule has 0 spiro atoms. The van der Waals surface area contributed by atoms with Gasteiger partial charge in [-0.1, -0.05) is 24.3 Å². The summed E-state index contributed by atoms with van der Waals surface area (Å²) >= 11 is 0. The molecule has 1 aliphatic carbocycles. The number of fused-ring (bicyclic) bond motifs is 1. The minimum Gasteiger partial charge on any atom is -0.379 e. The van der Waals surface area contributed by atoms with Crippen LogP contribution in [-0.2, 0) is 11.2 Å². The maximum atomic E-state index is 6.04. The predicted molar refractivity (Wildman–Crippen MR) is 114 cm³/mol. The van der Waals surface area contributed by atoms with E-state index in [1.807, 2.05) is 0 Å².